The van der Waals surface area contributed by atoms with Crippen molar-refractivity contribution in [1.82, 2.24) is 14.9 Å². The summed E-state index contributed by atoms with van der Waals surface area (Å²) in [6, 6.07) is 4.71. The Labute approximate surface area is 123 Å². The van der Waals surface area contributed by atoms with Gasteiger partial charge in [-0.3, -0.25) is 5.32 Å². The first-order valence-corrected chi connectivity index (χ1v) is 8.02. The monoisotopic (exact) mass is 291 g/mol. The molecule has 0 aliphatic carbocycles. The van der Waals surface area contributed by atoms with Crippen molar-refractivity contribution >= 4 is 11.3 Å². The second-order valence-electron chi connectivity index (χ2n) is 5.35. The van der Waals surface area contributed by atoms with Gasteiger partial charge in [-0.1, -0.05) is 6.07 Å². The van der Waals surface area contributed by atoms with E-state index >= 15 is 0 Å². The van der Waals surface area contributed by atoms with E-state index in [9.17, 15) is 0 Å². The molecule has 1 saturated heterocycles. The molecule has 1 N–H and O–H groups in total. The summed E-state index contributed by atoms with van der Waals surface area (Å²) in [5, 5.41) is 5.82. The largest absolute Gasteiger partial charge is 0.377 e. The van der Waals surface area contributed by atoms with Gasteiger partial charge in [-0.2, -0.15) is 0 Å². The number of hydrogen-bond donors (Lipinski definition) is 1. The molecule has 1 aliphatic rings. The molecule has 0 amide bonds. The Balaban J connectivity index is 1.81. The molecule has 0 saturated carbocycles. The number of thiophene rings is 1. The molecule has 0 aromatic carbocycles. The van der Waals surface area contributed by atoms with E-state index in [-0.39, 0.29) is 6.04 Å². The summed E-state index contributed by atoms with van der Waals surface area (Å²) in [6.45, 7) is 3.10. The van der Waals surface area contributed by atoms with Crippen LogP contribution in [-0.2, 0) is 11.8 Å². The zero-order valence-electron chi connectivity index (χ0n) is 12.0. The summed E-state index contributed by atoms with van der Waals surface area (Å²) < 4.78 is 7.88. The molecule has 3 atom stereocenters. The molecule has 20 heavy (non-hydrogen) atoms. The van der Waals surface area contributed by atoms with Crippen LogP contribution in [0.5, 0.6) is 0 Å². The van der Waals surface area contributed by atoms with E-state index < -0.39 is 0 Å². The number of hydrogen-bond acceptors (Lipinski definition) is 4. The van der Waals surface area contributed by atoms with Gasteiger partial charge in [-0.25, -0.2) is 4.98 Å². The Morgan fingerprint density at radius 2 is 2.45 bits per heavy atom. The highest BCUT2D eigenvalue weighted by Gasteiger charge is 2.27. The van der Waals surface area contributed by atoms with Gasteiger partial charge in [0.25, 0.3) is 0 Å². The predicted molar refractivity (Wildman–Crippen MR) is 80.9 cm³/mol. The lowest BCUT2D eigenvalue weighted by atomic mass is 10.1. The molecule has 1 aliphatic heterocycles. The van der Waals surface area contributed by atoms with Gasteiger partial charge >= 0.3 is 0 Å². The van der Waals surface area contributed by atoms with E-state index in [4.69, 9.17) is 4.74 Å². The highest BCUT2D eigenvalue weighted by Crippen LogP contribution is 2.27. The standard InChI is InChI=1S/C15H21N3OS/c1-11(12-5-3-9-19-12)17-14(13-6-4-10-20-13)15-16-7-8-18(15)2/h4,6-8,10-12,14,17H,3,5,9H2,1-2H3. The number of nitrogens with zero attached hydrogens (tertiary/aromatic N) is 2. The fraction of sp³-hybridized carbons (Fsp3) is 0.533. The minimum atomic E-state index is 0.134. The van der Waals surface area contributed by atoms with Crippen molar-refractivity contribution in [2.45, 2.75) is 38.0 Å². The lowest BCUT2D eigenvalue weighted by molar-refractivity contribution is 0.0809. The molecule has 2 aromatic rings. The van der Waals surface area contributed by atoms with Crippen LogP contribution in [0.3, 0.4) is 0 Å². The van der Waals surface area contributed by atoms with Crippen LogP contribution in [0.2, 0.25) is 0 Å². The van der Waals surface area contributed by atoms with E-state index in [2.05, 4.69) is 39.3 Å². The average molecular weight is 291 g/mol. The van der Waals surface area contributed by atoms with Crippen LogP contribution < -0.4 is 5.32 Å². The quantitative estimate of drug-likeness (QED) is 0.920. The maximum Gasteiger partial charge on any atom is 0.131 e. The molecule has 3 unspecified atom stereocenters. The molecule has 3 rings (SSSR count). The highest BCUT2D eigenvalue weighted by atomic mass is 32.1. The number of aryl methyl sites for hydroxylation is 1. The summed E-state index contributed by atoms with van der Waals surface area (Å²) >= 11 is 1.77. The van der Waals surface area contributed by atoms with E-state index in [0.29, 0.717) is 12.1 Å². The van der Waals surface area contributed by atoms with Crippen LogP contribution in [0.1, 0.15) is 36.5 Å². The van der Waals surface area contributed by atoms with Gasteiger partial charge in [0.1, 0.15) is 11.9 Å². The third kappa shape index (κ3) is 2.80. The van der Waals surface area contributed by atoms with Crippen molar-refractivity contribution < 1.29 is 4.74 Å². The summed E-state index contributed by atoms with van der Waals surface area (Å²) in [7, 11) is 2.04. The lowest BCUT2D eigenvalue weighted by Crippen LogP contribution is -2.40. The van der Waals surface area contributed by atoms with Crippen molar-refractivity contribution in [2.75, 3.05) is 6.61 Å². The topological polar surface area (TPSA) is 39.1 Å². The van der Waals surface area contributed by atoms with Crippen LogP contribution >= 0.6 is 11.3 Å². The zero-order valence-corrected chi connectivity index (χ0v) is 12.8. The third-order valence-electron chi connectivity index (χ3n) is 3.90. The summed E-state index contributed by atoms with van der Waals surface area (Å²) in [5.41, 5.74) is 0. The first-order chi connectivity index (χ1) is 9.75. The summed E-state index contributed by atoms with van der Waals surface area (Å²) in [4.78, 5) is 5.81. The van der Waals surface area contributed by atoms with E-state index in [1.54, 1.807) is 11.3 Å². The first kappa shape index (κ1) is 13.8. The minimum Gasteiger partial charge on any atom is -0.377 e. The van der Waals surface area contributed by atoms with Crippen molar-refractivity contribution in [3.8, 4) is 0 Å². The van der Waals surface area contributed by atoms with Gasteiger partial charge in [0.15, 0.2) is 0 Å². The van der Waals surface area contributed by atoms with Crippen LogP contribution in [0.25, 0.3) is 0 Å². The van der Waals surface area contributed by atoms with Gasteiger partial charge in [0.05, 0.1) is 6.10 Å². The molecule has 5 heteroatoms. The van der Waals surface area contributed by atoms with Crippen molar-refractivity contribution in [3.05, 3.63) is 40.6 Å². The van der Waals surface area contributed by atoms with Crippen molar-refractivity contribution in [3.63, 3.8) is 0 Å². The number of nitrogens with one attached hydrogen (secondary N) is 1. The van der Waals surface area contributed by atoms with E-state index in [0.717, 1.165) is 18.9 Å². The first-order valence-electron chi connectivity index (χ1n) is 7.14. The Morgan fingerprint density at radius 1 is 1.55 bits per heavy atom. The van der Waals surface area contributed by atoms with Crippen LogP contribution in [0, 0.1) is 0 Å². The molecule has 3 heterocycles. The normalized spacial score (nSPS) is 22.0. The number of ether oxygens (including phenoxy) is 1. The van der Waals surface area contributed by atoms with Gasteiger partial charge < -0.3 is 9.30 Å². The van der Waals surface area contributed by atoms with Crippen molar-refractivity contribution in [1.29, 1.82) is 0 Å². The molecule has 0 bridgehead atoms. The molecule has 0 spiro atoms. The van der Waals surface area contributed by atoms with Gasteiger partial charge in [0.2, 0.25) is 0 Å². The molecule has 2 aromatic heterocycles. The van der Waals surface area contributed by atoms with Crippen LogP contribution in [0.15, 0.2) is 29.9 Å². The summed E-state index contributed by atoms with van der Waals surface area (Å²) in [5.74, 6) is 1.05. The minimum absolute atomic E-state index is 0.134. The Kier molecular flexibility index (Phi) is 4.19. The number of rotatable bonds is 5. The van der Waals surface area contributed by atoms with Crippen LogP contribution in [0.4, 0.5) is 0 Å². The zero-order chi connectivity index (χ0) is 13.9. The SMILES string of the molecule is CC(NC(c1cccs1)c1nccn1C)C1CCCO1. The molecule has 108 valence electrons. The van der Waals surface area contributed by atoms with E-state index in [1.807, 2.05) is 19.4 Å². The van der Waals surface area contributed by atoms with Gasteiger partial charge in [0, 0.05) is 37.0 Å². The van der Waals surface area contributed by atoms with Gasteiger partial charge in [-0.05, 0) is 31.2 Å². The smallest absolute Gasteiger partial charge is 0.131 e. The maximum atomic E-state index is 5.79. The highest BCUT2D eigenvalue weighted by molar-refractivity contribution is 7.10. The molecular formula is C15H21N3OS. The Hall–Kier alpha value is -1.17. The summed E-state index contributed by atoms with van der Waals surface area (Å²) in [6.07, 6.45) is 6.48. The number of imidazole rings is 1. The fourth-order valence-corrected chi connectivity index (χ4v) is 3.54. The Morgan fingerprint density at radius 3 is 3.05 bits per heavy atom. The maximum absolute atomic E-state index is 5.79. The Bertz CT molecular complexity index is 531. The van der Waals surface area contributed by atoms with Crippen LogP contribution in [-0.4, -0.2) is 28.3 Å². The molecule has 4 nitrogen and oxygen atoms in total. The van der Waals surface area contributed by atoms with E-state index in [1.165, 1.54) is 11.3 Å². The van der Waals surface area contributed by atoms with Crippen molar-refractivity contribution in [2.24, 2.45) is 7.05 Å². The predicted octanol–water partition coefficient (Wildman–Crippen LogP) is 2.73. The third-order valence-corrected chi connectivity index (χ3v) is 4.83. The second-order valence-corrected chi connectivity index (χ2v) is 6.33. The average Bonchev–Trinajstić information content (AvgIpc) is 3.18. The number of aromatic nitrogens is 2. The molecule has 1 fully saturated rings. The lowest BCUT2D eigenvalue weighted by Gasteiger charge is -2.26. The molecular weight excluding hydrogens is 270 g/mol. The van der Waals surface area contributed by atoms with Gasteiger partial charge in [-0.15, -0.1) is 11.3 Å². The molecule has 0 radical (unpaired) electrons. The fourth-order valence-electron chi connectivity index (χ4n) is 2.76. The second kappa shape index (κ2) is 6.08.